The summed E-state index contributed by atoms with van der Waals surface area (Å²) < 4.78 is 52.8. The number of rotatable bonds is 4. The minimum absolute atomic E-state index is 0.0554. The summed E-state index contributed by atoms with van der Waals surface area (Å²) in [6.07, 6.45) is 0.193. The molecule has 1 atom stereocenters. The van der Waals surface area contributed by atoms with Gasteiger partial charge in [-0.05, 0) is 36.6 Å². The van der Waals surface area contributed by atoms with Gasteiger partial charge in [0.1, 0.15) is 17.7 Å². The predicted octanol–water partition coefficient (Wildman–Crippen LogP) is 2.68. The van der Waals surface area contributed by atoms with Gasteiger partial charge in [-0.15, -0.1) is 0 Å². The maximum Gasteiger partial charge on any atom is 0.243 e. The van der Waals surface area contributed by atoms with Crippen molar-refractivity contribution in [1.29, 1.82) is 0 Å². The predicted molar refractivity (Wildman–Crippen MR) is 93.9 cm³/mol. The first-order valence-corrected chi connectivity index (χ1v) is 9.74. The standard InChI is InChI=1S/C18H18F2N2O3S/c1-2-26(24,25)22-11-13-6-4-3-5-12(13)7-17(22)18(23)21-16-9-14(19)8-15(20)10-16/h3-6,8-10,17H,2,7,11H2,1H3,(H,21,23)/t17-/m0/s1. The number of hydrogen-bond donors (Lipinski definition) is 1. The fraction of sp³-hybridized carbons (Fsp3) is 0.278. The van der Waals surface area contributed by atoms with Crippen LogP contribution in [-0.2, 0) is 27.8 Å². The van der Waals surface area contributed by atoms with Crippen LogP contribution in [0.4, 0.5) is 14.5 Å². The molecular weight excluding hydrogens is 362 g/mol. The zero-order chi connectivity index (χ0) is 18.9. The molecule has 1 amide bonds. The topological polar surface area (TPSA) is 66.5 Å². The Morgan fingerprint density at radius 3 is 2.38 bits per heavy atom. The van der Waals surface area contributed by atoms with Crippen LogP contribution in [0.2, 0.25) is 0 Å². The van der Waals surface area contributed by atoms with E-state index in [4.69, 9.17) is 0 Å². The number of amides is 1. The number of nitrogens with zero attached hydrogens (tertiary/aromatic N) is 1. The van der Waals surface area contributed by atoms with Crippen LogP contribution in [0.1, 0.15) is 18.1 Å². The van der Waals surface area contributed by atoms with Crippen LogP contribution in [-0.4, -0.2) is 30.4 Å². The molecule has 138 valence electrons. The summed E-state index contributed by atoms with van der Waals surface area (Å²) in [6.45, 7) is 1.59. The molecule has 2 aromatic rings. The number of carbonyl (C=O) groups excluding carboxylic acids is 1. The number of hydrogen-bond acceptors (Lipinski definition) is 3. The van der Waals surface area contributed by atoms with Gasteiger partial charge >= 0.3 is 0 Å². The quantitative estimate of drug-likeness (QED) is 0.887. The Hall–Kier alpha value is -2.32. The van der Waals surface area contributed by atoms with E-state index in [0.29, 0.717) is 6.07 Å². The minimum atomic E-state index is -3.64. The lowest BCUT2D eigenvalue weighted by Gasteiger charge is -2.34. The molecule has 0 fully saturated rings. The van der Waals surface area contributed by atoms with Crippen molar-refractivity contribution >= 4 is 21.6 Å². The van der Waals surface area contributed by atoms with E-state index in [1.165, 1.54) is 6.92 Å². The molecule has 1 aliphatic rings. The lowest BCUT2D eigenvalue weighted by molar-refractivity contribution is -0.120. The van der Waals surface area contributed by atoms with Crippen LogP contribution in [0.15, 0.2) is 42.5 Å². The van der Waals surface area contributed by atoms with Gasteiger partial charge in [-0.1, -0.05) is 24.3 Å². The number of fused-ring (bicyclic) bond motifs is 1. The molecule has 0 saturated carbocycles. The second-order valence-electron chi connectivity index (χ2n) is 6.08. The van der Waals surface area contributed by atoms with E-state index in [9.17, 15) is 22.0 Å². The third-order valence-corrected chi connectivity index (χ3v) is 6.19. The molecule has 1 aliphatic heterocycles. The second kappa shape index (κ2) is 7.13. The van der Waals surface area contributed by atoms with Gasteiger partial charge in [-0.25, -0.2) is 17.2 Å². The van der Waals surface area contributed by atoms with Crippen LogP contribution in [0.5, 0.6) is 0 Å². The molecule has 0 aromatic heterocycles. The van der Waals surface area contributed by atoms with Crippen LogP contribution in [0, 0.1) is 11.6 Å². The van der Waals surface area contributed by atoms with Crippen molar-refractivity contribution in [3.63, 3.8) is 0 Å². The largest absolute Gasteiger partial charge is 0.324 e. The average Bonchev–Trinajstić information content (AvgIpc) is 2.59. The van der Waals surface area contributed by atoms with E-state index in [1.54, 1.807) is 0 Å². The Bertz CT molecular complexity index is 927. The zero-order valence-corrected chi connectivity index (χ0v) is 14.9. The fourth-order valence-corrected chi connectivity index (χ4v) is 4.26. The Balaban J connectivity index is 1.93. The second-order valence-corrected chi connectivity index (χ2v) is 8.29. The van der Waals surface area contributed by atoms with Crippen LogP contribution < -0.4 is 5.32 Å². The normalized spacial score (nSPS) is 17.6. The number of carbonyl (C=O) groups is 1. The lowest BCUT2D eigenvalue weighted by Crippen LogP contribution is -2.51. The summed E-state index contributed by atoms with van der Waals surface area (Å²) in [6, 6.07) is 8.97. The molecule has 8 heteroatoms. The van der Waals surface area contributed by atoms with E-state index in [0.717, 1.165) is 27.6 Å². The van der Waals surface area contributed by atoms with Crippen LogP contribution in [0.25, 0.3) is 0 Å². The molecule has 2 aromatic carbocycles. The molecule has 26 heavy (non-hydrogen) atoms. The minimum Gasteiger partial charge on any atom is -0.324 e. The third kappa shape index (κ3) is 3.76. The molecule has 0 spiro atoms. The molecule has 0 aliphatic carbocycles. The van der Waals surface area contributed by atoms with Crippen molar-refractivity contribution in [2.75, 3.05) is 11.1 Å². The Morgan fingerprint density at radius 2 is 1.77 bits per heavy atom. The SMILES string of the molecule is CCS(=O)(=O)N1Cc2ccccc2C[C@H]1C(=O)Nc1cc(F)cc(F)c1. The number of anilines is 1. The Morgan fingerprint density at radius 1 is 1.15 bits per heavy atom. The van der Waals surface area contributed by atoms with Gasteiger partial charge in [-0.2, -0.15) is 4.31 Å². The first kappa shape index (κ1) is 18.5. The monoisotopic (exact) mass is 380 g/mol. The van der Waals surface area contributed by atoms with Crippen molar-refractivity contribution in [3.05, 3.63) is 65.2 Å². The van der Waals surface area contributed by atoms with Crippen molar-refractivity contribution in [2.24, 2.45) is 0 Å². The van der Waals surface area contributed by atoms with E-state index >= 15 is 0 Å². The molecule has 1 heterocycles. The highest BCUT2D eigenvalue weighted by Gasteiger charge is 2.38. The summed E-state index contributed by atoms with van der Waals surface area (Å²) >= 11 is 0. The van der Waals surface area contributed by atoms with Gasteiger partial charge < -0.3 is 5.32 Å². The van der Waals surface area contributed by atoms with E-state index in [-0.39, 0.29) is 24.4 Å². The molecule has 0 bridgehead atoms. The molecule has 0 unspecified atom stereocenters. The van der Waals surface area contributed by atoms with E-state index in [1.807, 2.05) is 24.3 Å². The maximum absolute atomic E-state index is 13.3. The molecular formula is C18H18F2N2O3S. The summed E-state index contributed by atoms with van der Waals surface area (Å²) in [5.41, 5.74) is 1.66. The number of halogens is 2. The zero-order valence-electron chi connectivity index (χ0n) is 14.1. The van der Waals surface area contributed by atoms with Crippen LogP contribution >= 0.6 is 0 Å². The smallest absolute Gasteiger partial charge is 0.243 e. The summed E-state index contributed by atoms with van der Waals surface area (Å²) in [4.78, 5) is 12.7. The first-order valence-electron chi connectivity index (χ1n) is 8.13. The van der Waals surface area contributed by atoms with Crippen molar-refractivity contribution in [3.8, 4) is 0 Å². The third-order valence-electron chi connectivity index (χ3n) is 4.36. The molecule has 0 radical (unpaired) electrons. The highest BCUT2D eigenvalue weighted by molar-refractivity contribution is 7.89. The summed E-state index contributed by atoms with van der Waals surface area (Å²) in [5, 5.41) is 2.43. The van der Waals surface area contributed by atoms with Crippen molar-refractivity contribution in [1.82, 2.24) is 4.31 Å². The van der Waals surface area contributed by atoms with Gasteiger partial charge in [0.15, 0.2) is 0 Å². The van der Waals surface area contributed by atoms with Gasteiger partial charge in [0.2, 0.25) is 15.9 Å². The first-order chi connectivity index (χ1) is 12.3. The maximum atomic E-state index is 13.3. The number of benzene rings is 2. The van der Waals surface area contributed by atoms with E-state index in [2.05, 4.69) is 5.32 Å². The van der Waals surface area contributed by atoms with Gasteiger partial charge in [0, 0.05) is 18.3 Å². The number of sulfonamides is 1. The fourth-order valence-electron chi connectivity index (χ4n) is 3.03. The van der Waals surface area contributed by atoms with Gasteiger partial charge in [0.25, 0.3) is 0 Å². The summed E-state index contributed by atoms with van der Waals surface area (Å²) in [5.74, 6) is -2.42. The molecule has 5 nitrogen and oxygen atoms in total. The highest BCUT2D eigenvalue weighted by Crippen LogP contribution is 2.27. The van der Waals surface area contributed by atoms with Gasteiger partial charge in [0.05, 0.1) is 5.75 Å². The van der Waals surface area contributed by atoms with Crippen molar-refractivity contribution in [2.45, 2.75) is 25.9 Å². The molecule has 0 saturated heterocycles. The molecule has 1 N–H and O–H groups in total. The average molecular weight is 380 g/mol. The Labute approximate surface area is 150 Å². The molecule has 3 rings (SSSR count). The summed E-state index contributed by atoms with van der Waals surface area (Å²) in [7, 11) is -3.64. The van der Waals surface area contributed by atoms with Crippen LogP contribution in [0.3, 0.4) is 0 Å². The van der Waals surface area contributed by atoms with Gasteiger partial charge in [-0.3, -0.25) is 4.79 Å². The number of nitrogens with one attached hydrogen (secondary N) is 1. The van der Waals surface area contributed by atoms with E-state index < -0.39 is 33.6 Å². The van der Waals surface area contributed by atoms with Crippen molar-refractivity contribution < 1.29 is 22.0 Å². The Kier molecular flexibility index (Phi) is 5.06. The lowest BCUT2D eigenvalue weighted by atomic mass is 9.95. The highest BCUT2D eigenvalue weighted by atomic mass is 32.2.